The average Bonchev–Trinajstić information content (AvgIpc) is 3.48. The van der Waals surface area contributed by atoms with E-state index >= 15 is 0 Å². The van der Waals surface area contributed by atoms with Crippen LogP contribution in [0, 0.1) is 46.8 Å². The van der Waals surface area contributed by atoms with E-state index in [-0.39, 0.29) is 0 Å². The summed E-state index contributed by atoms with van der Waals surface area (Å²) in [6.07, 6.45) is 23.4. The summed E-state index contributed by atoms with van der Waals surface area (Å²) in [5.41, 5.74) is 1.00. The van der Waals surface area contributed by atoms with Crippen molar-refractivity contribution in [1.29, 1.82) is 0 Å². The van der Waals surface area contributed by atoms with Crippen molar-refractivity contribution in [2.45, 2.75) is 131 Å². The molecule has 7 fully saturated rings. The molecule has 7 aliphatic carbocycles. The summed E-state index contributed by atoms with van der Waals surface area (Å²) >= 11 is 0. The van der Waals surface area contributed by atoms with Crippen LogP contribution in [0.3, 0.4) is 0 Å². The second-order valence-corrected chi connectivity index (χ2v) is 11.1. The fourth-order valence-electron chi connectivity index (χ4n) is 8.76. The Morgan fingerprint density at radius 3 is 1.29 bits per heavy atom. The van der Waals surface area contributed by atoms with Crippen LogP contribution in [0.25, 0.3) is 0 Å². The topological polar surface area (TPSA) is 0 Å². The maximum absolute atomic E-state index is 2.42. The molecule has 0 aromatic heterocycles. The van der Waals surface area contributed by atoms with E-state index < -0.39 is 0 Å². The minimum absolute atomic E-state index is 1.00. The molecule has 0 aromatic carbocycles. The van der Waals surface area contributed by atoms with Crippen molar-refractivity contribution in [3.05, 3.63) is 0 Å². The van der Waals surface area contributed by atoms with E-state index in [4.69, 9.17) is 0 Å². The molecule has 0 radical (unpaired) electrons. The normalized spacial score (nSPS) is 47.2. The van der Waals surface area contributed by atoms with Crippen LogP contribution in [0.2, 0.25) is 0 Å². The van der Waals surface area contributed by atoms with Gasteiger partial charge in [-0.25, -0.2) is 0 Å². The molecule has 0 nitrogen and oxygen atoms in total. The van der Waals surface area contributed by atoms with Gasteiger partial charge in [-0.3, -0.25) is 0 Å². The van der Waals surface area contributed by atoms with E-state index in [1.807, 2.05) is 27.7 Å². The first-order valence-corrected chi connectivity index (χ1v) is 13.7. The molecule has 4 unspecified atom stereocenters. The lowest BCUT2D eigenvalue weighted by Gasteiger charge is -2.66. The molecule has 7 rings (SSSR count). The summed E-state index contributed by atoms with van der Waals surface area (Å²) in [6.45, 7) is 10.4. The lowest BCUT2D eigenvalue weighted by molar-refractivity contribution is -0.175. The van der Waals surface area contributed by atoms with Crippen LogP contribution < -0.4 is 0 Å². The number of hydrogen-bond acceptors (Lipinski definition) is 0. The average molecular weight is 389 g/mol. The van der Waals surface area contributed by atoms with E-state index in [0.717, 1.165) is 23.2 Å². The van der Waals surface area contributed by atoms with Gasteiger partial charge >= 0.3 is 0 Å². The molecule has 0 heteroatoms. The van der Waals surface area contributed by atoms with Gasteiger partial charge in [0.1, 0.15) is 0 Å². The summed E-state index contributed by atoms with van der Waals surface area (Å²) in [6, 6.07) is 0. The van der Waals surface area contributed by atoms with Crippen molar-refractivity contribution in [3.63, 3.8) is 0 Å². The highest BCUT2D eigenvalue weighted by atomic mass is 14.8. The van der Waals surface area contributed by atoms with Crippen LogP contribution >= 0.6 is 0 Å². The standard InChI is InChI=1S/C10H14.C9H16.C5H10.2C2H6/c1-6-2-8-4-9-3-7(1)10(8,9)5-6;1-7-4-8-2-3-9(5-7)6-8;1-2-4-5-3-1;2*1-2/h6-9H,1-5H2;7-9H,2-6H2,1H3;1-5H2;2*1-2H3. The van der Waals surface area contributed by atoms with Crippen LogP contribution in [-0.2, 0) is 0 Å². The van der Waals surface area contributed by atoms with Gasteiger partial charge in [-0.1, -0.05) is 79.6 Å². The summed E-state index contributed by atoms with van der Waals surface area (Å²) < 4.78 is 0. The zero-order valence-corrected chi connectivity index (χ0v) is 20.1. The predicted molar refractivity (Wildman–Crippen MR) is 124 cm³/mol. The van der Waals surface area contributed by atoms with Crippen LogP contribution in [0.1, 0.15) is 131 Å². The highest BCUT2D eigenvalue weighted by Gasteiger charge is 2.73. The van der Waals surface area contributed by atoms with Crippen molar-refractivity contribution < 1.29 is 0 Å². The van der Waals surface area contributed by atoms with Gasteiger partial charge in [-0.15, -0.1) is 0 Å². The molecule has 28 heavy (non-hydrogen) atoms. The Hall–Kier alpha value is 0. The first kappa shape index (κ1) is 22.7. The van der Waals surface area contributed by atoms with Gasteiger partial charge < -0.3 is 0 Å². The lowest BCUT2D eigenvalue weighted by Crippen LogP contribution is -2.59. The van der Waals surface area contributed by atoms with E-state index in [1.165, 1.54) is 68.6 Å². The third kappa shape index (κ3) is 4.37. The smallest absolute Gasteiger partial charge is 0.0209 e. The molecular formula is C28H52. The van der Waals surface area contributed by atoms with Crippen molar-refractivity contribution >= 4 is 0 Å². The molecule has 7 saturated carbocycles. The first-order chi connectivity index (χ1) is 13.7. The number of fused-ring (bicyclic) bond motifs is 3. The third-order valence-corrected chi connectivity index (χ3v) is 9.67. The van der Waals surface area contributed by atoms with Crippen molar-refractivity contribution in [2.24, 2.45) is 46.8 Å². The molecule has 0 aromatic rings. The monoisotopic (exact) mass is 388 g/mol. The van der Waals surface area contributed by atoms with Crippen molar-refractivity contribution in [3.8, 4) is 0 Å². The van der Waals surface area contributed by atoms with Crippen LogP contribution in [0.15, 0.2) is 0 Å². The Kier molecular flexibility index (Phi) is 8.38. The quantitative estimate of drug-likeness (QED) is 0.388. The fourth-order valence-corrected chi connectivity index (χ4v) is 8.76. The van der Waals surface area contributed by atoms with Crippen molar-refractivity contribution in [2.75, 3.05) is 0 Å². The van der Waals surface area contributed by atoms with Gasteiger partial charge in [0.15, 0.2) is 0 Å². The summed E-state index contributed by atoms with van der Waals surface area (Å²) in [5, 5.41) is 0. The number of hydrogen-bond donors (Lipinski definition) is 0. The van der Waals surface area contributed by atoms with Crippen LogP contribution in [-0.4, -0.2) is 0 Å². The highest BCUT2D eigenvalue weighted by molar-refractivity contribution is 5.22. The van der Waals surface area contributed by atoms with Crippen LogP contribution in [0.4, 0.5) is 0 Å². The first-order valence-electron chi connectivity index (χ1n) is 13.7. The predicted octanol–water partition coefficient (Wildman–Crippen LogP) is 9.28. The Labute approximate surface area is 178 Å². The maximum atomic E-state index is 2.42. The SMILES string of the molecule is C1C2CC3CC4CC1C34C2.C1CCCC1.CC.CC.CC1CC2CCC(C1)C2. The maximum Gasteiger partial charge on any atom is -0.0209 e. The molecular weight excluding hydrogens is 336 g/mol. The Balaban J connectivity index is 0.000000116. The van der Waals surface area contributed by atoms with E-state index in [1.54, 1.807) is 51.4 Å². The van der Waals surface area contributed by atoms with Crippen LogP contribution in [0.5, 0.6) is 0 Å². The Morgan fingerprint density at radius 1 is 0.500 bits per heavy atom. The van der Waals surface area contributed by atoms with E-state index in [0.29, 0.717) is 0 Å². The van der Waals surface area contributed by atoms with E-state index in [9.17, 15) is 0 Å². The van der Waals surface area contributed by atoms with Gasteiger partial charge in [-0.05, 0) is 98.2 Å². The highest BCUT2D eigenvalue weighted by Crippen LogP contribution is 2.81. The van der Waals surface area contributed by atoms with Crippen molar-refractivity contribution in [1.82, 2.24) is 0 Å². The largest absolute Gasteiger partial charge is 0.0683 e. The molecule has 1 spiro atoms. The molecule has 4 bridgehead atoms. The molecule has 4 atom stereocenters. The zero-order chi connectivity index (χ0) is 20.1. The number of rotatable bonds is 0. The van der Waals surface area contributed by atoms with Gasteiger partial charge in [0.25, 0.3) is 0 Å². The van der Waals surface area contributed by atoms with Gasteiger partial charge in [0.2, 0.25) is 0 Å². The summed E-state index contributed by atoms with van der Waals surface area (Å²) in [7, 11) is 0. The molecule has 0 heterocycles. The molecule has 0 aliphatic heterocycles. The fraction of sp³-hybridized carbons (Fsp3) is 1.00. The molecule has 164 valence electrons. The summed E-state index contributed by atoms with van der Waals surface area (Å²) in [5.74, 6) is 8.22. The minimum atomic E-state index is 1.00. The Morgan fingerprint density at radius 2 is 0.929 bits per heavy atom. The second-order valence-electron chi connectivity index (χ2n) is 11.1. The Bertz CT molecular complexity index is 411. The van der Waals surface area contributed by atoms with E-state index in [2.05, 4.69) is 6.92 Å². The second kappa shape index (κ2) is 10.3. The minimum Gasteiger partial charge on any atom is -0.0683 e. The third-order valence-electron chi connectivity index (χ3n) is 9.67. The lowest BCUT2D eigenvalue weighted by atomic mass is 9.38. The molecule has 0 saturated heterocycles. The van der Waals surface area contributed by atoms with Gasteiger partial charge in [0, 0.05) is 0 Å². The van der Waals surface area contributed by atoms with Gasteiger partial charge in [-0.2, -0.15) is 0 Å². The molecule has 0 N–H and O–H groups in total. The summed E-state index contributed by atoms with van der Waals surface area (Å²) in [4.78, 5) is 0. The molecule has 0 amide bonds. The van der Waals surface area contributed by atoms with Gasteiger partial charge in [0.05, 0.1) is 0 Å². The molecule has 7 aliphatic rings. The zero-order valence-electron chi connectivity index (χ0n) is 20.1.